The van der Waals surface area contributed by atoms with Crippen molar-refractivity contribution in [1.29, 1.82) is 0 Å². The van der Waals surface area contributed by atoms with Gasteiger partial charge in [-0.25, -0.2) is 8.78 Å². The van der Waals surface area contributed by atoms with Crippen LogP contribution in [0.15, 0.2) is 53.7 Å². The van der Waals surface area contributed by atoms with E-state index in [1.165, 1.54) is 36.4 Å². The van der Waals surface area contributed by atoms with Crippen LogP contribution in [0.2, 0.25) is 0 Å². The molecule has 32 heavy (non-hydrogen) atoms. The average Bonchev–Trinajstić information content (AvgIpc) is 3.23. The van der Waals surface area contributed by atoms with Gasteiger partial charge in [0.1, 0.15) is 11.6 Å². The Kier molecular flexibility index (Phi) is 7.52. The van der Waals surface area contributed by atoms with E-state index in [2.05, 4.69) is 15.5 Å². The first-order chi connectivity index (χ1) is 15.6. The summed E-state index contributed by atoms with van der Waals surface area (Å²) >= 11 is 1.32. The molecule has 168 valence electrons. The lowest BCUT2D eigenvalue weighted by Gasteiger charge is -2.25. The van der Waals surface area contributed by atoms with Crippen LogP contribution in [0.25, 0.3) is 11.4 Å². The number of nitrogens with one attached hydrogen (secondary N) is 1. The number of nitrogens with zero attached hydrogens (tertiary/aromatic N) is 3. The lowest BCUT2D eigenvalue weighted by atomic mass is 9.95. The Hall–Kier alpha value is -2.74. The molecular formula is C24H26F2N4OS. The van der Waals surface area contributed by atoms with Crippen LogP contribution in [0, 0.1) is 11.6 Å². The summed E-state index contributed by atoms with van der Waals surface area (Å²) in [4.78, 5) is 12.4. The van der Waals surface area contributed by atoms with E-state index in [1.807, 2.05) is 4.57 Å². The third kappa shape index (κ3) is 5.54. The van der Waals surface area contributed by atoms with Crippen LogP contribution in [0.5, 0.6) is 0 Å². The number of rotatable bonds is 8. The van der Waals surface area contributed by atoms with Gasteiger partial charge in [0.2, 0.25) is 5.91 Å². The van der Waals surface area contributed by atoms with Gasteiger partial charge in [-0.1, -0.05) is 55.3 Å². The predicted octanol–water partition coefficient (Wildman–Crippen LogP) is 5.18. The van der Waals surface area contributed by atoms with Crippen molar-refractivity contribution in [3.05, 3.63) is 65.7 Å². The van der Waals surface area contributed by atoms with Gasteiger partial charge in [-0.05, 0) is 49.1 Å². The molecule has 4 rings (SSSR count). The Morgan fingerprint density at radius 2 is 1.78 bits per heavy atom. The first-order valence-electron chi connectivity index (χ1n) is 11.0. The molecule has 0 atom stereocenters. The van der Waals surface area contributed by atoms with Crippen LogP contribution < -0.4 is 5.32 Å². The molecule has 1 aliphatic carbocycles. The monoisotopic (exact) mass is 456 g/mol. The highest BCUT2D eigenvalue weighted by Crippen LogP contribution is 2.36. The van der Waals surface area contributed by atoms with Crippen molar-refractivity contribution >= 4 is 17.7 Å². The van der Waals surface area contributed by atoms with E-state index in [4.69, 9.17) is 0 Å². The summed E-state index contributed by atoms with van der Waals surface area (Å²) in [7, 11) is 0. The normalized spacial score (nSPS) is 14.4. The SMILES string of the molecule is O=C(CSc1nnc(-c2ccccc2F)n1C1CCCCC1)NCCc1ccc(F)cc1. The van der Waals surface area contributed by atoms with Gasteiger partial charge >= 0.3 is 0 Å². The summed E-state index contributed by atoms with van der Waals surface area (Å²) in [5.74, 6) is 0.0148. The molecule has 1 aromatic heterocycles. The zero-order chi connectivity index (χ0) is 22.3. The molecule has 0 unspecified atom stereocenters. The summed E-state index contributed by atoms with van der Waals surface area (Å²) in [6.45, 7) is 0.473. The second kappa shape index (κ2) is 10.7. The highest BCUT2D eigenvalue weighted by atomic mass is 32.2. The zero-order valence-electron chi connectivity index (χ0n) is 17.8. The minimum absolute atomic E-state index is 0.109. The van der Waals surface area contributed by atoms with Crippen molar-refractivity contribution in [2.75, 3.05) is 12.3 Å². The quantitative estimate of drug-likeness (QED) is 0.475. The predicted molar refractivity (Wildman–Crippen MR) is 121 cm³/mol. The van der Waals surface area contributed by atoms with Gasteiger partial charge < -0.3 is 5.32 Å². The molecule has 0 saturated heterocycles. The Morgan fingerprint density at radius 1 is 1.03 bits per heavy atom. The van der Waals surface area contributed by atoms with E-state index in [9.17, 15) is 13.6 Å². The van der Waals surface area contributed by atoms with Crippen molar-refractivity contribution in [2.45, 2.75) is 49.7 Å². The summed E-state index contributed by atoms with van der Waals surface area (Å²) < 4.78 is 29.5. The Bertz CT molecular complexity index is 1050. The van der Waals surface area contributed by atoms with Crippen LogP contribution in [-0.2, 0) is 11.2 Å². The summed E-state index contributed by atoms with van der Waals surface area (Å²) in [6, 6.07) is 13.1. The standard InChI is InChI=1S/C24H26F2N4OS/c25-18-12-10-17(11-13-18)14-15-27-22(31)16-32-24-29-28-23(20-8-4-5-9-21(20)26)30(24)19-6-2-1-3-7-19/h4-5,8-13,19H,1-3,6-7,14-16H2,(H,27,31). The van der Waals surface area contributed by atoms with Crippen molar-refractivity contribution in [3.63, 3.8) is 0 Å². The van der Waals surface area contributed by atoms with E-state index in [-0.39, 0.29) is 29.3 Å². The topological polar surface area (TPSA) is 59.8 Å². The fraction of sp³-hybridized carbons (Fsp3) is 0.375. The minimum atomic E-state index is -0.327. The highest BCUT2D eigenvalue weighted by molar-refractivity contribution is 7.99. The maximum Gasteiger partial charge on any atom is 0.230 e. The van der Waals surface area contributed by atoms with Gasteiger partial charge in [-0.3, -0.25) is 9.36 Å². The lowest BCUT2D eigenvalue weighted by Crippen LogP contribution is -2.27. The Balaban J connectivity index is 1.42. The van der Waals surface area contributed by atoms with Crippen LogP contribution in [0.4, 0.5) is 8.78 Å². The third-order valence-corrected chi connectivity index (χ3v) is 6.64. The minimum Gasteiger partial charge on any atom is -0.355 e. The number of thioether (sulfide) groups is 1. The summed E-state index contributed by atoms with van der Waals surface area (Å²) in [5.41, 5.74) is 1.40. The van der Waals surface area contributed by atoms with Gasteiger partial charge in [0.15, 0.2) is 11.0 Å². The lowest BCUT2D eigenvalue weighted by molar-refractivity contribution is -0.118. The molecule has 0 radical (unpaired) electrons. The molecule has 0 spiro atoms. The molecule has 1 saturated carbocycles. The molecule has 1 amide bonds. The number of carbonyl (C=O) groups excluding carboxylic acids is 1. The number of hydrogen-bond donors (Lipinski definition) is 1. The maximum absolute atomic E-state index is 14.5. The van der Waals surface area contributed by atoms with Gasteiger partial charge in [0, 0.05) is 12.6 Å². The molecule has 8 heteroatoms. The average molecular weight is 457 g/mol. The second-order valence-electron chi connectivity index (χ2n) is 7.96. The van der Waals surface area contributed by atoms with Crippen LogP contribution in [0.3, 0.4) is 0 Å². The molecule has 1 fully saturated rings. The summed E-state index contributed by atoms with van der Waals surface area (Å²) in [6.07, 6.45) is 6.06. The molecule has 1 heterocycles. The second-order valence-corrected chi connectivity index (χ2v) is 8.91. The molecule has 1 aliphatic rings. The number of amides is 1. The first-order valence-corrected chi connectivity index (χ1v) is 11.9. The molecule has 1 N–H and O–H groups in total. The van der Waals surface area contributed by atoms with Gasteiger partial charge in [-0.2, -0.15) is 0 Å². The fourth-order valence-electron chi connectivity index (χ4n) is 4.05. The van der Waals surface area contributed by atoms with E-state index < -0.39 is 0 Å². The maximum atomic E-state index is 14.5. The number of halogens is 2. The van der Waals surface area contributed by atoms with Gasteiger partial charge in [0.25, 0.3) is 0 Å². The van der Waals surface area contributed by atoms with Crippen molar-refractivity contribution in [2.24, 2.45) is 0 Å². The number of hydrogen-bond acceptors (Lipinski definition) is 4. The van der Waals surface area contributed by atoms with E-state index >= 15 is 0 Å². The van der Waals surface area contributed by atoms with Crippen LogP contribution in [0.1, 0.15) is 43.7 Å². The molecule has 3 aromatic rings. The van der Waals surface area contributed by atoms with Crippen molar-refractivity contribution in [1.82, 2.24) is 20.1 Å². The van der Waals surface area contributed by atoms with Crippen molar-refractivity contribution < 1.29 is 13.6 Å². The number of carbonyl (C=O) groups is 1. The van der Waals surface area contributed by atoms with E-state index in [1.54, 1.807) is 30.3 Å². The Morgan fingerprint density at radius 3 is 2.53 bits per heavy atom. The van der Waals surface area contributed by atoms with E-state index in [0.717, 1.165) is 31.2 Å². The van der Waals surface area contributed by atoms with Gasteiger partial charge in [-0.15, -0.1) is 10.2 Å². The zero-order valence-corrected chi connectivity index (χ0v) is 18.6. The Labute approximate surface area is 190 Å². The van der Waals surface area contributed by atoms with Crippen molar-refractivity contribution in [3.8, 4) is 11.4 Å². The van der Waals surface area contributed by atoms with Crippen LogP contribution in [-0.4, -0.2) is 33.0 Å². The summed E-state index contributed by atoms with van der Waals surface area (Å²) in [5, 5.41) is 12.1. The highest BCUT2D eigenvalue weighted by Gasteiger charge is 2.25. The van der Waals surface area contributed by atoms with Crippen LogP contribution >= 0.6 is 11.8 Å². The number of aromatic nitrogens is 3. The molecule has 2 aromatic carbocycles. The third-order valence-electron chi connectivity index (χ3n) is 5.70. The van der Waals surface area contributed by atoms with Gasteiger partial charge in [0.05, 0.1) is 11.3 Å². The first kappa shape index (κ1) is 22.5. The molecular weight excluding hydrogens is 430 g/mol. The number of benzene rings is 2. The smallest absolute Gasteiger partial charge is 0.230 e. The molecule has 5 nitrogen and oxygen atoms in total. The molecule has 0 aliphatic heterocycles. The fourth-order valence-corrected chi connectivity index (χ4v) is 4.88. The largest absolute Gasteiger partial charge is 0.355 e. The molecule has 0 bridgehead atoms. The van der Waals surface area contributed by atoms with E-state index in [0.29, 0.717) is 29.5 Å².